The number of carbonyl (C=O) groups excluding carboxylic acids is 3. The van der Waals surface area contributed by atoms with Gasteiger partial charge in [-0.3, -0.25) is 14.4 Å². The zero-order valence-corrected chi connectivity index (χ0v) is 24.0. The highest BCUT2D eigenvalue weighted by atomic mass is 16.5. The first-order chi connectivity index (χ1) is 19.7. The van der Waals surface area contributed by atoms with Gasteiger partial charge in [0.05, 0.1) is 13.1 Å². The van der Waals surface area contributed by atoms with E-state index in [1.807, 2.05) is 92.5 Å². The Labute approximate surface area is 242 Å². The minimum atomic E-state index is -0.877. The maximum absolute atomic E-state index is 13.7. The molecule has 3 aromatic carbocycles. The van der Waals surface area contributed by atoms with E-state index in [4.69, 9.17) is 4.74 Å². The van der Waals surface area contributed by atoms with E-state index < -0.39 is 29.4 Å². The van der Waals surface area contributed by atoms with Crippen LogP contribution in [0.5, 0.6) is 0 Å². The van der Waals surface area contributed by atoms with Gasteiger partial charge in [0, 0.05) is 25.1 Å². The second kappa shape index (κ2) is 13.2. The molecule has 2 unspecified atom stereocenters. The lowest BCUT2D eigenvalue weighted by Crippen LogP contribution is -2.57. The number of amides is 2. The lowest BCUT2D eigenvalue weighted by molar-refractivity contribution is -0.148. The van der Waals surface area contributed by atoms with Crippen LogP contribution >= 0.6 is 0 Å². The van der Waals surface area contributed by atoms with Gasteiger partial charge in [-0.25, -0.2) is 0 Å². The quantitative estimate of drug-likeness (QED) is 0.354. The number of benzene rings is 3. The lowest BCUT2D eigenvalue weighted by Gasteiger charge is -2.33. The van der Waals surface area contributed by atoms with Crippen LogP contribution in [-0.4, -0.2) is 48.5 Å². The van der Waals surface area contributed by atoms with Crippen LogP contribution in [0.2, 0.25) is 0 Å². The van der Waals surface area contributed by atoms with Crippen molar-refractivity contribution in [2.45, 2.75) is 45.9 Å². The Bertz CT molecular complexity index is 1350. The smallest absolute Gasteiger partial charge is 0.308 e. The number of anilines is 1. The van der Waals surface area contributed by atoms with E-state index in [2.05, 4.69) is 34.9 Å². The van der Waals surface area contributed by atoms with Crippen molar-refractivity contribution < 1.29 is 19.1 Å². The van der Waals surface area contributed by atoms with Crippen molar-refractivity contribution in [1.82, 2.24) is 15.5 Å². The summed E-state index contributed by atoms with van der Waals surface area (Å²) < 4.78 is 5.51. The zero-order valence-electron chi connectivity index (χ0n) is 24.0. The third-order valence-electron chi connectivity index (χ3n) is 7.03. The molecule has 41 heavy (non-hydrogen) atoms. The molecule has 4 rings (SSSR count). The van der Waals surface area contributed by atoms with Crippen molar-refractivity contribution in [2.75, 3.05) is 18.6 Å². The van der Waals surface area contributed by atoms with Gasteiger partial charge in [-0.2, -0.15) is 0 Å². The summed E-state index contributed by atoms with van der Waals surface area (Å²) >= 11 is 0. The normalized spacial score (nSPS) is 14.3. The van der Waals surface area contributed by atoms with E-state index in [0.717, 1.165) is 22.4 Å². The lowest BCUT2D eigenvalue weighted by atomic mass is 9.86. The molecule has 1 heterocycles. The van der Waals surface area contributed by atoms with Crippen molar-refractivity contribution in [3.8, 4) is 11.1 Å². The minimum absolute atomic E-state index is 0.118. The number of esters is 1. The number of carbonyl (C=O) groups is 3. The molecule has 0 bridgehead atoms. The molecule has 0 aromatic heterocycles. The Morgan fingerprint density at radius 1 is 0.829 bits per heavy atom. The first kappa shape index (κ1) is 29.4. The molecule has 1 aliphatic heterocycles. The number of nitrogens with zero attached hydrogens (tertiary/aromatic N) is 2. The summed E-state index contributed by atoms with van der Waals surface area (Å²) in [5.41, 5.74) is 3.51. The number of rotatable bonds is 10. The number of ether oxygens (including phenoxy) is 1. The van der Waals surface area contributed by atoms with Crippen LogP contribution in [0, 0.1) is 5.41 Å². The molecule has 0 fully saturated rings. The highest BCUT2D eigenvalue weighted by Crippen LogP contribution is 2.27. The highest BCUT2D eigenvalue weighted by molar-refractivity contribution is 5.92. The van der Waals surface area contributed by atoms with Gasteiger partial charge < -0.3 is 25.2 Å². The fourth-order valence-electron chi connectivity index (χ4n) is 4.66. The number of hydrogen-bond acceptors (Lipinski definition) is 6. The van der Waals surface area contributed by atoms with E-state index in [1.165, 1.54) is 7.05 Å². The van der Waals surface area contributed by atoms with Crippen molar-refractivity contribution in [1.29, 1.82) is 0 Å². The van der Waals surface area contributed by atoms with Crippen molar-refractivity contribution in [3.05, 3.63) is 103 Å². The molecule has 0 aliphatic carbocycles. The molecule has 8 nitrogen and oxygen atoms in total. The summed E-state index contributed by atoms with van der Waals surface area (Å²) in [7, 11) is 1.54. The first-order valence-electron chi connectivity index (χ1n) is 13.7. The minimum Gasteiger partial charge on any atom is -0.461 e. The van der Waals surface area contributed by atoms with Crippen LogP contribution in [0.4, 0.5) is 5.69 Å². The van der Waals surface area contributed by atoms with Crippen LogP contribution < -0.4 is 15.5 Å². The van der Waals surface area contributed by atoms with E-state index in [9.17, 15) is 14.4 Å². The topological polar surface area (TPSA) is 91.0 Å². The molecule has 2 N–H and O–H groups in total. The van der Waals surface area contributed by atoms with E-state index >= 15 is 0 Å². The number of nitrogens with one attached hydrogen (secondary N) is 2. The van der Waals surface area contributed by atoms with Gasteiger partial charge in [0.1, 0.15) is 18.7 Å². The van der Waals surface area contributed by atoms with Crippen molar-refractivity contribution in [3.63, 3.8) is 0 Å². The molecule has 0 saturated heterocycles. The fourth-order valence-corrected chi connectivity index (χ4v) is 4.66. The third kappa shape index (κ3) is 7.75. The Morgan fingerprint density at radius 3 is 2.05 bits per heavy atom. The second-order valence-electron chi connectivity index (χ2n) is 11.1. The molecule has 0 radical (unpaired) electrons. The van der Waals surface area contributed by atoms with Crippen LogP contribution in [-0.2, 0) is 25.7 Å². The molecule has 2 amide bonds. The summed E-state index contributed by atoms with van der Waals surface area (Å²) in [6, 6.07) is 26.0. The average Bonchev–Trinajstić information content (AvgIpc) is 3.47. The molecular weight excluding hydrogens is 516 g/mol. The van der Waals surface area contributed by atoms with Gasteiger partial charge in [-0.1, -0.05) is 93.6 Å². The predicted octanol–water partition coefficient (Wildman–Crippen LogP) is 4.68. The van der Waals surface area contributed by atoms with Gasteiger partial charge in [0.15, 0.2) is 0 Å². The van der Waals surface area contributed by atoms with E-state index in [-0.39, 0.29) is 18.9 Å². The Morgan fingerprint density at radius 2 is 1.44 bits per heavy atom. The summed E-state index contributed by atoms with van der Waals surface area (Å²) in [6.45, 7) is 6.12. The molecule has 214 valence electrons. The summed E-state index contributed by atoms with van der Waals surface area (Å²) in [4.78, 5) is 43.0. The maximum Gasteiger partial charge on any atom is 0.308 e. The molecule has 0 saturated carbocycles. The third-order valence-corrected chi connectivity index (χ3v) is 7.03. The summed E-state index contributed by atoms with van der Waals surface area (Å²) in [5.74, 6) is -1.22. The molecule has 1 aliphatic rings. The predicted molar refractivity (Wildman–Crippen MR) is 160 cm³/mol. The second-order valence-corrected chi connectivity index (χ2v) is 11.1. The van der Waals surface area contributed by atoms with Crippen LogP contribution in [0.3, 0.4) is 0 Å². The standard InChI is InChI=1S/C33H38N4O4/c1-33(2,3)30(32(40)34-4)35-31(39)28(21-29(38)41-22-24-11-7-5-8-12-24)37-20-19-36(23-37)27-17-15-26(16-18-27)25-13-9-6-10-14-25/h5-20,28,30H,21-23H2,1-4H3,(H,34,40)(H,35,39). The summed E-state index contributed by atoms with van der Waals surface area (Å²) in [6.07, 6.45) is 3.51. The van der Waals surface area contributed by atoms with Gasteiger partial charge in [0.2, 0.25) is 11.8 Å². The monoisotopic (exact) mass is 554 g/mol. The maximum atomic E-state index is 13.7. The van der Waals surface area contributed by atoms with E-state index in [0.29, 0.717) is 6.67 Å². The Kier molecular flexibility index (Phi) is 9.45. The van der Waals surface area contributed by atoms with Gasteiger partial charge >= 0.3 is 5.97 Å². The Hall–Kier alpha value is -4.59. The molecular formula is C33H38N4O4. The summed E-state index contributed by atoms with van der Waals surface area (Å²) in [5, 5.41) is 5.52. The number of likely N-dealkylation sites (N-methyl/N-ethyl adjacent to an activating group) is 1. The van der Waals surface area contributed by atoms with Crippen LogP contribution in [0.15, 0.2) is 97.3 Å². The number of hydrogen-bond donors (Lipinski definition) is 2. The largest absolute Gasteiger partial charge is 0.461 e. The van der Waals surface area contributed by atoms with Gasteiger partial charge in [-0.15, -0.1) is 0 Å². The molecule has 8 heteroatoms. The molecule has 3 aromatic rings. The van der Waals surface area contributed by atoms with Gasteiger partial charge in [-0.05, 0) is 34.2 Å². The first-order valence-corrected chi connectivity index (χ1v) is 13.7. The molecule has 2 atom stereocenters. The SMILES string of the molecule is CNC(=O)C(NC(=O)C(CC(=O)OCc1ccccc1)N1C=CN(c2ccc(-c3ccccc3)cc2)C1)C(C)(C)C. The van der Waals surface area contributed by atoms with Crippen LogP contribution in [0.25, 0.3) is 11.1 Å². The van der Waals surface area contributed by atoms with Crippen molar-refractivity contribution in [2.24, 2.45) is 5.41 Å². The molecule has 0 spiro atoms. The fraction of sp³-hybridized carbons (Fsp3) is 0.303. The average molecular weight is 555 g/mol. The Balaban J connectivity index is 1.49. The zero-order chi connectivity index (χ0) is 29.4. The van der Waals surface area contributed by atoms with Gasteiger partial charge in [0.25, 0.3) is 0 Å². The highest BCUT2D eigenvalue weighted by Gasteiger charge is 2.37. The van der Waals surface area contributed by atoms with E-state index in [1.54, 1.807) is 11.1 Å². The van der Waals surface area contributed by atoms with Crippen molar-refractivity contribution >= 4 is 23.5 Å². The van der Waals surface area contributed by atoms with Crippen LogP contribution in [0.1, 0.15) is 32.8 Å².